The van der Waals surface area contributed by atoms with Gasteiger partial charge in [0.25, 0.3) is 0 Å². The summed E-state index contributed by atoms with van der Waals surface area (Å²) >= 11 is 0. The van der Waals surface area contributed by atoms with Crippen molar-refractivity contribution in [2.75, 3.05) is 7.11 Å². The molecule has 2 nitrogen and oxygen atoms in total. The van der Waals surface area contributed by atoms with Gasteiger partial charge in [-0.2, -0.15) is 0 Å². The number of methoxy groups -OCH3 is 1. The highest BCUT2D eigenvalue weighted by molar-refractivity contribution is 5.89. The molecule has 0 fully saturated rings. The lowest BCUT2D eigenvalue weighted by Gasteiger charge is -2.36. The van der Waals surface area contributed by atoms with E-state index in [1.807, 2.05) is 13.8 Å². The van der Waals surface area contributed by atoms with Crippen LogP contribution in [0.5, 0.6) is 11.5 Å². The molecule has 0 spiro atoms. The molecule has 1 aromatic rings. The number of ether oxygens (including phenoxy) is 2. The Labute approximate surface area is 172 Å². The predicted molar refractivity (Wildman–Crippen MR) is 123 cm³/mol. The third-order valence-corrected chi connectivity index (χ3v) is 5.46. The summed E-state index contributed by atoms with van der Waals surface area (Å²) in [7, 11) is 1.78. The zero-order valence-electron chi connectivity index (χ0n) is 19.2. The molecule has 1 aliphatic carbocycles. The number of benzene rings is 1. The molecule has 0 aromatic heterocycles. The van der Waals surface area contributed by atoms with Crippen LogP contribution in [0.15, 0.2) is 18.7 Å². The van der Waals surface area contributed by atoms with Crippen LogP contribution < -0.4 is 9.47 Å². The summed E-state index contributed by atoms with van der Waals surface area (Å²) in [6.07, 6.45) is 10.8. The normalized spacial score (nSPS) is 19.8. The lowest BCUT2D eigenvalue weighted by molar-refractivity contribution is 0.157. The third kappa shape index (κ3) is 4.06. The number of fused-ring (bicyclic) bond motifs is 3. The van der Waals surface area contributed by atoms with E-state index in [4.69, 9.17) is 9.47 Å². The minimum Gasteiger partial charge on any atom is -0.495 e. The Morgan fingerprint density at radius 2 is 2.00 bits per heavy atom. The molecule has 0 bridgehead atoms. The molecule has 2 heteroatoms. The second kappa shape index (κ2) is 9.03. The maximum absolute atomic E-state index is 6.52. The molecule has 0 saturated heterocycles. The lowest BCUT2D eigenvalue weighted by Crippen LogP contribution is -2.29. The summed E-state index contributed by atoms with van der Waals surface area (Å²) in [5.74, 6) is 2.52. The molecule has 28 heavy (non-hydrogen) atoms. The van der Waals surface area contributed by atoms with Crippen LogP contribution in [0, 0.1) is 5.92 Å². The molecule has 1 heterocycles. The third-order valence-electron chi connectivity index (χ3n) is 5.46. The van der Waals surface area contributed by atoms with Gasteiger partial charge in [-0.1, -0.05) is 52.8 Å². The van der Waals surface area contributed by atoms with Crippen LogP contribution in [0.1, 0.15) is 90.0 Å². The van der Waals surface area contributed by atoms with Crippen molar-refractivity contribution in [3.8, 4) is 11.5 Å². The summed E-state index contributed by atoms with van der Waals surface area (Å²) in [5, 5.41) is 0. The highest BCUT2D eigenvalue weighted by atomic mass is 16.5. The molecule has 1 aromatic carbocycles. The summed E-state index contributed by atoms with van der Waals surface area (Å²) in [4.78, 5) is 0. The van der Waals surface area contributed by atoms with Crippen LogP contribution in [0.3, 0.4) is 0 Å². The van der Waals surface area contributed by atoms with Crippen LogP contribution >= 0.6 is 0 Å². The fourth-order valence-corrected chi connectivity index (χ4v) is 4.34. The average molecular weight is 383 g/mol. The fourth-order valence-electron chi connectivity index (χ4n) is 4.34. The van der Waals surface area contributed by atoms with Crippen LogP contribution in [0.4, 0.5) is 0 Å². The van der Waals surface area contributed by atoms with Crippen LogP contribution in [-0.2, 0) is 6.42 Å². The van der Waals surface area contributed by atoms with Gasteiger partial charge in [0.15, 0.2) is 0 Å². The molecule has 0 radical (unpaired) electrons. The number of hydrogen-bond acceptors (Lipinski definition) is 2. The van der Waals surface area contributed by atoms with Crippen LogP contribution in [-0.4, -0.2) is 12.7 Å². The van der Waals surface area contributed by atoms with E-state index in [2.05, 4.69) is 59.4 Å². The Morgan fingerprint density at radius 1 is 1.32 bits per heavy atom. The van der Waals surface area contributed by atoms with Gasteiger partial charge >= 0.3 is 0 Å². The van der Waals surface area contributed by atoms with Gasteiger partial charge < -0.3 is 9.47 Å². The zero-order chi connectivity index (χ0) is 21.1. The summed E-state index contributed by atoms with van der Waals surface area (Å²) in [5.41, 5.74) is 7.05. The summed E-state index contributed by atoms with van der Waals surface area (Å²) < 4.78 is 12.5. The first-order valence-corrected chi connectivity index (χ1v) is 10.8. The summed E-state index contributed by atoms with van der Waals surface area (Å²) in [6.45, 7) is 19.2. The standard InChI is InChI=1S/C24H32O2.C2H6/c1-8-10-17(9-2)21-22-18(11-12-24(5,6)26-22)19-14-15(3)13-16(4)20(19)23(21)25-7;1-2/h9,11-12,15H,4,8,10,13-14H2,1-3,5-7H3;1-2H3/b17-9-;/t15-;/m1./s1. The second-order valence-electron chi connectivity index (χ2n) is 8.22. The maximum Gasteiger partial charge on any atom is 0.139 e. The van der Waals surface area contributed by atoms with Crippen LogP contribution in [0.2, 0.25) is 0 Å². The summed E-state index contributed by atoms with van der Waals surface area (Å²) in [6, 6.07) is 0. The molecule has 1 aliphatic heterocycles. The minimum atomic E-state index is -0.316. The molecule has 0 saturated carbocycles. The van der Waals surface area contributed by atoms with Crippen molar-refractivity contribution >= 4 is 17.2 Å². The average Bonchev–Trinajstić information content (AvgIpc) is 2.66. The number of hydrogen-bond donors (Lipinski definition) is 0. The van der Waals surface area contributed by atoms with E-state index < -0.39 is 0 Å². The van der Waals surface area contributed by atoms with Crippen molar-refractivity contribution in [1.29, 1.82) is 0 Å². The predicted octanol–water partition coefficient (Wildman–Crippen LogP) is 7.70. The van der Waals surface area contributed by atoms with Crippen molar-refractivity contribution in [3.05, 3.63) is 41.0 Å². The van der Waals surface area contributed by atoms with Crippen molar-refractivity contribution in [3.63, 3.8) is 0 Å². The van der Waals surface area contributed by atoms with E-state index in [0.29, 0.717) is 5.92 Å². The molecule has 154 valence electrons. The van der Waals surface area contributed by atoms with Gasteiger partial charge in [0.05, 0.1) is 12.7 Å². The molecular formula is C26H38O2. The quantitative estimate of drug-likeness (QED) is 0.531. The highest BCUT2D eigenvalue weighted by Crippen LogP contribution is 2.52. The van der Waals surface area contributed by atoms with Crippen molar-refractivity contribution in [2.24, 2.45) is 5.92 Å². The van der Waals surface area contributed by atoms with E-state index >= 15 is 0 Å². The minimum absolute atomic E-state index is 0.316. The molecule has 0 N–H and O–H groups in total. The molecule has 0 amide bonds. The van der Waals surface area contributed by atoms with Gasteiger partial charge in [-0.15, -0.1) is 0 Å². The molecule has 1 atom stereocenters. The van der Waals surface area contributed by atoms with Crippen molar-refractivity contribution in [1.82, 2.24) is 0 Å². The lowest BCUT2D eigenvalue weighted by atomic mass is 9.76. The topological polar surface area (TPSA) is 18.5 Å². The Kier molecular flexibility index (Phi) is 7.20. The van der Waals surface area contributed by atoms with E-state index in [1.165, 1.54) is 27.8 Å². The molecule has 0 unspecified atom stereocenters. The van der Waals surface area contributed by atoms with E-state index in [1.54, 1.807) is 7.11 Å². The Balaban J connectivity index is 0.00000136. The van der Waals surface area contributed by atoms with E-state index in [-0.39, 0.29) is 5.60 Å². The van der Waals surface area contributed by atoms with E-state index in [9.17, 15) is 0 Å². The zero-order valence-corrected chi connectivity index (χ0v) is 19.2. The molecular weight excluding hydrogens is 344 g/mol. The highest BCUT2D eigenvalue weighted by Gasteiger charge is 2.34. The van der Waals surface area contributed by atoms with Gasteiger partial charge in [-0.05, 0) is 68.7 Å². The van der Waals surface area contributed by atoms with Gasteiger partial charge in [-0.25, -0.2) is 0 Å². The molecule has 3 rings (SSSR count). The SMILES string of the molecule is C=C1C[C@@H](C)Cc2c3c(c(/C(=C\C)CCC)c(OC)c21)OC(C)(C)C=C3.CC. The Bertz CT molecular complexity index is 793. The Hall–Kier alpha value is -1.96. The number of allylic oxidation sites excluding steroid dienone is 3. The van der Waals surface area contributed by atoms with Gasteiger partial charge in [0.1, 0.15) is 17.1 Å². The van der Waals surface area contributed by atoms with E-state index in [0.717, 1.165) is 42.7 Å². The fraction of sp³-hybridized carbons (Fsp3) is 0.538. The monoisotopic (exact) mass is 382 g/mol. The Morgan fingerprint density at radius 3 is 2.57 bits per heavy atom. The first-order chi connectivity index (χ1) is 13.3. The molecule has 2 aliphatic rings. The van der Waals surface area contributed by atoms with Crippen molar-refractivity contribution in [2.45, 2.75) is 79.8 Å². The number of rotatable bonds is 4. The van der Waals surface area contributed by atoms with Crippen molar-refractivity contribution < 1.29 is 9.47 Å². The van der Waals surface area contributed by atoms with Gasteiger partial charge in [-0.3, -0.25) is 0 Å². The largest absolute Gasteiger partial charge is 0.495 e. The van der Waals surface area contributed by atoms with Gasteiger partial charge in [0, 0.05) is 11.1 Å². The smallest absolute Gasteiger partial charge is 0.139 e. The maximum atomic E-state index is 6.52. The first kappa shape index (κ1) is 22.3. The van der Waals surface area contributed by atoms with Crippen LogP contribution in [0.25, 0.3) is 17.2 Å². The second-order valence-corrected chi connectivity index (χ2v) is 8.22. The first-order valence-electron chi connectivity index (χ1n) is 10.8. The van der Waals surface area contributed by atoms with Gasteiger partial charge in [0.2, 0.25) is 0 Å².